The lowest BCUT2D eigenvalue weighted by molar-refractivity contribution is 0.460. The van der Waals surface area contributed by atoms with Crippen LogP contribution in [0.4, 0.5) is 8.78 Å². The standard InChI is InChI=1S/C15H18F2N2S/c1-4-18-12(7-13-19-10(3)8-20-13)11-6-5-9(2)14(16)15(11)17/h5-6,8,12,18H,4,7H2,1-3H3. The molecule has 1 aromatic heterocycles. The van der Waals surface area contributed by atoms with E-state index in [1.54, 1.807) is 30.4 Å². The van der Waals surface area contributed by atoms with Crippen LogP contribution < -0.4 is 5.32 Å². The number of nitrogens with zero attached hydrogens (tertiary/aromatic N) is 1. The van der Waals surface area contributed by atoms with E-state index in [2.05, 4.69) is 10.3 Å². The van der Waals surface area contributed by atoms with Crippen molar-refractivity contribution in [2.45, 2.75) is 33.2 Å². The number of benzene rings is 1. The lowest BCUT2D eigenvalue weighted by atomic mass is 10.0. The molecule has 0 aliphatic carbocycles. The lowest BCUT2D eigenvalue weighted by Gasteiger charge is -2.18. The molecule has 0 radical (unpaired) electrons. The quantitative estimate of drug-likeness (QED) is 0.904. The van der Waals surface area contributed by atoms with Crippen LogP contribution in [-0.4, -0.2) is 11.5 Å². The third-order valence-corrected chi connectivity index (χ3v) is 4.17. The van der Waals surface area contributed by atoms with Crippen molar-refractivity contribution in [1.29, 1.82) is 0 Å². The molecule has 1 N–H and O–H groups in total. The first kappa shape index (κ1) is 15.1. The van der Waals surface area contributed by atoms with E-state index < -0.39 is 11.6 Å². The van der Waals surface area contributed by atoms with E-state index in [9.17, 15) is 8.78 Å². The van der Waals surface area contributed by atoms with Gasteiger partial charge in [-0.25, -0.2) is 13.8 Å². The average molecular weight is 296 g/mol. The molecule has 20 heavy (non-hydrogen) atoms. The number of aryl methyl sites for hydroxylation is 2. The molecule has 0 fully saturated rings. The molecule has 0 amide bonds. The van der Waals surface area contributed by atoms with Crippen LogP contribution in [0.2, 0.25) is 0 Å². The Morgan fingerprint density at radius 1 is 1.25 bits per heavy atom. The highest BCUT2D eigenvalue weighted by molar-refractivity contribution is 7.09. The average Bonchev–Trinajstić information content (AvgIpc) is 2.81. The second-order valence-corrected chi connectivity index (χ2v) is 5.74. The predicted molar refractivity (Wildman–Crippen MR) is 78.1 cm³/mol. The van der Waals surface area contributed by atoms with E-state index in [0.29, 0.717) is 24.1 Å². The number of halogens is 2. The van der Waals surface area contributed by atoms with Crippen molar-refractivity contribution in [3.63, 3.8) is 0 Å². The third kappa shape index (κ3) is 3.22. The maximum Gasteiger partial charge on any atom is 0.163 e. The van der Waals surface area contributed by atoms with Gasteiger partial charge >= 0.3 is 0 Å². The molecule has 2 nitrogen and oxygen atoms in total. The number of hydrogen-bond acceptors (Lipinski definition) is 3. The van der Waals surface area contributed by atoms with E-state index in [1.165, 1.54) is 0 Å². The Morgan fingerprint density at radius 3 is 2.60 bits per heavy atom. The highest BCUT2D eigenvalue weighted by atomic mass is 32.1. The second-order valence-electron chi connectivity index (χ2n) is 4.80. The molecule has 1 aromatic carbocycles. The van der Waals surface area contributed by atoms with Crippen molar-refractivity contribution in [3.8, 4) is 0 Å². The van der Waals surface area contributed by atoms with Crippen molar-refractivity contribution in [1.82, 2.24) is 10.3 Å². The van der Waals surface area contributed by atoms with Gasteiger partial charge in [-0.05, 0) is 26.0 Å². The summed E-state index contributed by atoms with van der Waals surface area (Å²) in [5, 5.41) is 6.09. The highest BCUT2D eigenvalue weighted by Gasteiger charge is 2.20. The zero-order valence-electron chi connectivity index (χ0n) is 11.8. The normalized spacial score (nSPS) is 12.7. The fraction of sp³-hybridized carbons (Fsp3) is 0.400. The van der Waals surface area contributed by atoms with Crippen LogP contribution in [-0.2, 0) is 6.42 Å². The first-order valence-electron chi connectivity index (χ1n) is 6.61. The first-order valence-corrected chi connectivity index (χ1v) is 7.49. The van der Waals surface area contributed by atoms with Crippen molar-refractivity contribution in [2.24, 2.45) is 0 Å². The van der Waals surface area contributed by atoms with Gasteiger partial charge < -0.3 is 5.32 Å². The van der Waals surface area contributed by atoms with Crippen LogP contribution in [0.1, 0.15) is 34.8 Å². The summed E-state index contributed by atoms with van der Waals surface area (Å²) < 4.78 is 27.8. The van der Waals surface area contributed by atoms with Gasteiger partial charge in [0.15, 0.2) is 11.6 Å². The van der Waals surface area contributed by atoms with Crippen LogP contribution in [0.15, 0.2) is 17.5 Å². The number of hydrogen-bond donors (Lipinski definition) is 1. The van der Waals surface area contributed by atoms with Gasteiger partial charge in [0.25, 0.3) is 0 Å². The summed E-state index contributed by atoms with van der Waals surface area (Å²) in [6.45, 7) is 6.12. The number of rotatable bonds is 5. The van der Waals surface area contributed by atoms with Crippen molar-refractivity contribution in [2.75, 3.05) is 6.54 Å². The molecule has 0 bridgehead atoms. The first-order chi connectivity index (χ1) is 9.52. The molecule has 0 saturated heterocycles. The molecule has 2 rings (SSSR count). The summed E-state index contributed by atoms with van der Waals surface area (Å²) in [4.78, 5) is 4.39. The van der Waals surface area contributed by atoms with Gasteiger partial charge in [0.2, 0.25) is 0 Å². The van der Waals surface area contributed by atoms with Crippen molar-refractivity contribution in [3.05, 3.63) is 51.0 Å². The topological polar surface area (TPSA) is 24.9 Å². The van der Waals surface area contributed by atoms with E-state index in [4.69, 9.17) is 0 Å². The summed E-state index contributed by atoms with van der Waals surface area (Å²) in [5.74, 6) is -1.52. The van der Waals surface area contributed by atoms with E-state index in [0.717, 1.165) is 10.7 Å². The minimum Gasteiger partial charge on any atom is -0.310 e. The van der Waals surface area contributed by atoms with Crippen LogP contribution in [0.25, 0.3) is 0 Å². The molecular weight excluding hydrogens is 278 g/mol. The number of likely N-dealkylation sites (N-methyl/N-ethyl adjacent to an activating group) is 1. The maximum absolute atomic E-state index is 14.1. The molecule has 0 aliphatic heterocycles. The van der Waals surface area contributed by atoms with Gasteiger partial charge in [0.1, 0.15) is 0 Å². The smallest absolute Gasteiger partial charge is 0.163 e. The van der Waals surface area contributed by atoms with Gasteiger partial charge in [0, 0.05) is 29.1 Å². The van der Waals surface area contributed by atoms with E-state index in [-0.39, 0.29) is 6.04 Å². The number of nitrogens with one attached hydrogen (secondary N) is 1. The number of aromatic nitrogens is 1. The molecule has 1 heterocycles. The minimum absolute atomic E-state index is 0.263. The van der Waals surface area contributed by atoms with Crippen molar-refractivity contribution >= 4 is 11.3 Å². The Hall–Kier alpha value is -1.33. The Bertz CT molecular complexity index is 596. The summed E-state index contributed by atoms with van der Waals surface area (Å²) in [5.41, 5.74) is 1.64. The molecule has 1 atom stereocenters. The summed E-state index contributed by atoms with van der Waals surface area (Å²) in [7, 11) is 0. The van der Waals surface area contributed by atoms with E-state index >= 15 is 0 Å². The van der Waals surface area contributed by atoms with Crippen molar-refractivity contribution < 1.29 is 8.78 Å². The molecular formula is C15H18F2N2S. The Balaban J connectivity index is 2.31. The van der Waals surface area contributed by atoms with Crippen LogP contribution in [0.5, 0.6) is 0 Å². The third-order valence-electron chi connectivity index (χ3n) is 3.18. The zero-order chi connectivity index (χ0) is 14.7. The monoisotopic (exact) mass is 296 g/mol. The molecule has 0 saturated carbocycles. The highest BCUT2D eigenvalue weighted by Crippen LogP contribution is 2.25. The van der Waals surface area contributed by atoms with Gasteiger partial charge in [-0.3, -0.25) is 0 Å². The minimum atomic E-state index is -0.763. The van der Waals surface area contributed by atoms with Crippen LogP contribution >= 0.6 is 11.3 Å². The molecule has 2 aromatic rings. The van der Waals surface area contributed by atoms with Gasteiger partial charge in [-0.15, -0.1) is 11.3 Å². The van der Waals surface area contributed by atoms with Gasteiger partial charge in [-0.1, -0.05) is 19.1 Å². The summed E-state index contributed by atoms with van der Waals surface area (Å²) in [6, 6.07) is 3.01. The van der Waals surface area contributed by atoms with Gasteiger partial charge in [0.05, 0.1) is 5.01 Å². The Kier molecular flexibility index (Phi) is 4.83. The molecule has 0 aliphatic rings. The lowest BCUT2D eigenvalue weighted by Crippen LogP contribution is -2.24. The summed E-state index contributed by atoms with van der Waals surface area (Å²) >= 11 is 1.54. The predicted octanol–water partition coefficient (Wildman–Crippen LogP) is 3.93. The molecule has 0 spiro atoms. The van der Waals surface area contributed by atoms with Crippen LogP contribution in [0, 0.1) is 25.5 Å². The molecule has 108 valence electrons. The van der Waals surface area contributed by atoms with E-state index in [1.807, 2.05) is 19.2 Å². The second kappa shape index (κ2) is 6.41. The fourth-order valence-electron chi connectivity index (χ4n) is 2.14. The summed E-state index contributed by atoms with van der Waals surface area (Å²) in [6.07, 6.45) is 0.561. The molecule has 5 heteroatoms. The molecule has 1 unspecified atom stereocenters. The SMILES string of the molecule is CCNC(Cc1nc(C)cs1)c1ccc(C)c(F)c1F. The Morgan fingerprint density at radius 2 is 2.00 bits per heavy atom. The fourth-order valence-corrected chi connectivity index (χ4v) is 2.96. The van der Waals surface area contributed by atoms with Crippen LogP contribution in [0.3, 0.4) is 0 Å². The number of thiazole rings is 1. The van der Waals surface area contributed by atoms with Gasteiger partial charge in [-0.2, -0.15) is 0 Å². The largest absolute Gasteiger partial charge is 0.310 e. The maximum atomic E-state index is 14.1. The zero-order valence-corrected chi connectivity index (χ0v) is 12.7. The Labute approximate surface area is 121 Å².